The Morgan fingerprint density at radius 2 is 1.80 bits per heavy atom. The minimum atomic E-state index is -0.472. The van der Waals surface area contributed by atoms with Gasteiger partial charge in [0.05, 0.1) is 18.6 Å². The Balaban J connectivity index is 1.36. The van der Waals surface area contributed by atoms with Gasteiger partial charge >= 0.3 is 5.97 Å². The smallest absolute Gasteiger partial charge is 0.353 e. The van der Waals surface area contributed by atoms with E-state index >= 15 is 0 Å². The zero-order chi connectivity index (χ0) is 24.4. The number of imide groups is 1. The molecule has 3 aromatic carbocycles. The van der Waals surface area contributed by atoms with Gasteiger partial charge in [-0.3, -0.25) is 14.5 Å². The molecule has 1 aliphatic heterocycles. The van der Waals surface area contributed by atoms with Gasteiger partial charge in [-0.05, 0) is 63.3 Å². The van der Waals surface area contributed by atoms with Crippen molar-refractivity contribution in [3.05, 3.63) is 99.1 Å². The van der Waals surface area contributed by atoms with E-state index in [1.807, 2.05) is 42.5 Å². The van der Waals surface area contributed by atoms with E-state index in [4.69, 9.17) is 9.47 Å². The predicted octanol–water partition coefficient (Wildman–Crippen LogP) is 6.37. The molecule has 0 aliphatic carbocycles. The zero-order valence-corrected chi connectivity index (χ0v) is 20.2. The summed E-state index contributed by atoms with van der Waals surface area (Å²) in [7, 11) is 1.47. The van der Waals surface area contributed by atoms with Crippen LogP contribution >= 0.6 is 23.1 Å². The summed E-state index contributed by atoms with van der Waals surface area (Å²) in [4.78, 5) is 40.1. The number of hydrogen-bond acceptors (Lipinski definition) is 7. The topological polar surface area (TPSA) is 72.9 Å². The molecular formula is C27H19NO5S2. The summed E-state index contributed by atoms with van der Waals surface area (Å²) in [5.41, 5.74) is 1.55. The van der Waals surface area contributed by atoms with E-state index < -0.39 is 5.97 Å². The van der Waals surface area contributed by atoms with Crippen molar-refractivity contribution < 1.29 is 23.9 Å². The third-order valence-corrected chi connectivity index (χ3v) is 7.25. The molecule has 0 radical (unpaired) electrons. The molecule has 1 fully saturated rings. The van der Waals surface area contributed by atoms with Gasteiger partial charge in [-0.2, -0.15) is 0 Å². The molecule has 6 nitrogen and oxygen atoms in total. The Bertz CT molecular complexity index is 1470. The highest BCUT2D eigenvalue weighted by Crippen LogP contribution is 2.36. The molecule has 35 heavy (non-hydrogen) atoms. The van der Waals surface area contributed by atoms with Crippen LogP contribution in [0.4, 0.5) is 4.79 Å². The summed E-state index contributed by atoms with van der Waals surface area (Å²) in [6.45, 7) is 0.199. The number of hydrogen-bond donors (Lipinski definition) is 0. The minimum absolute atomic E-state index is 0.199. The van der Waals surface area contributed by atoms with Gasteiger partial charge in [0, 0.05) is 0 Å². The van der Waals surface area contributed by atoms with E-state index in [0.717, 1.165) is 28.1 Å². The Kier molecular flexibility index (Phi) is 6.39. The minimum Gasteiger partial charge on any atom is -0.493 e. The van der Waals surface area contributed by atoms with Crippen molar-refractivity contribution in [2.24, 2.45) is 0 Å². The number of benzene rings is 3. The molecule has 4 aromatic rings. The second-order valence-corrected chi connectivity index (χ2v) is 9.62. The average molecular weight is 502 g/mol. The Hall–Kier alpha value is -3.88. The fraction of sp³-hybridized carbons (Fsp3) is 0.0741. The Morgan fingerprint density at radius 1 is 0.971 bits per heavy atom. The lowest BCUT2D eigenvalue weighted by Gasteiger charge is -2.14. The van der Waals surface area contributed by atoms with Gasteiger partial charge in [0.15, 0.2) is 11.5 Å². The highest BCUT2D eigenvalue weighted by atomic mass is 32.2. The quantitative estimate of drug-likeness (QED) is 0.174. The summed E-state index contributed by atoms with van der Waals surface area (Å²) in [5.74, 6) is -0.202. The average Bonchev–Trinajstić information content (AvgIpc) is 3.50. The summed E-state index contributed by atoms with van der Waals surface area (Å²) in [6, 6.07) is 22.2. The van der Waals surface area contributed by atoms with Gasteiger partial charge in [-0.25, -0.2) is 4.79 Å². The lowest BCUT2D eigenvalue weighted by Crippen LogP contribution is -2.27. The second-order valence-electron chi connectivity index (χ2n) is 7.68. The van der Waals surface area contributed by atoms with Crippen LogP contribution in [0.5, 0.6) is 11.5 Å². The van der Waals surface area contributed by atoms with Crippen LogP contribution in [0.1, 0.15) is 20.8 Å². The van der Waals surface area contributed by atoms with Gasteiger partial charge in [0.2, 0.25) is 0 Å². The van der Waals surface area contributed by atoms with Gasteiger partial charge in [0.25, 0.3) is 11.1 Å². The number of ether oxygens (including phenoxy) is 2. The predicted molar refractivity (Wildman–Crippen MR) is 138 cm³/mol. The molecule has 0 N–H and O–H groups in total. The molecule has 8 heteroatoms. The molecule has 2 heterocycles. The van der Waals surface area contributed by atoms with E-state index in [0.29, 0.717) is 21.1 Å². The standard InChI is InChI=1S/C27H19NO5S2/c1-32-22-14-17(11-12-21(22)33-26(30)23-10-5-13-34-23)15-24-25(29)28(27(31)35-24)16-19-8-4-7-18-6-2-3-9-20(18)19/h2-15H,16H2,1H3/b24-15-. The largest absolute Gasteiger partial charge is 0.493 e. The van der Waals surface area contributed by atoms with Crippen molar-refractivity contribution in [1.82, 2.24) is 4.90 Å². The number of thiophene rings is 1. The number of nitrogens with zero attached hydrogens (tertiary/aromatic N) is 1. The first kappa shape index (κ1) is 22.9. The second kappa shape index (κ2) is 9.77. The van der Waals surface area contributed by atoms with Gasteiger partial charge in [-0.1, -0.05) is 54.6 Å². The Morgan fingerprint density at radius 3 is 2.60 bits per heavy atom. The van der Waals surface area contributed by atoms with Crippen LogP contribution in [0.2, 0.25) is 0 Å². The number of carbonyl (C=O) groups excluding carboxylic acids is 3. The molecule has 174 valence electrons. The molecule has 1 saturated heterocycles. The first-order valence-corrected chi connectivity index (χ1v) is 12.4. The monoisotopic (exact) mass is 501 g/mol. The zero-order valence-electron chi connectivity index (χ0n) is 18.6. The molecular weight excluding hydrogens is 482 g/mol. The fourth-order valence-electron chi connectivity index (χ4n) is 3.79. The number of rotatable bonds is 6. The molecule has 0 bridgehead atoms. The number of esters is 1. The van der Waals surface area contributed by atoms with Crippen molar-refractivity contribution in [3.63, 3.8) is 0 Å². The molecule has 2 amide bonds. The highest BCUT2D eigenvalue weighted by Gasteiger charge is 2.35. The summed E-state index contributed by atoms with van der Waals surface area (Å²) in [5, 5.41) is 3.54. The maximum Gasteiger partial charge on any atom is 0.353 e. The van der Waals surface area contributed by atoms with Crippen LogP contribution in [-0.4, -0.2) is 29.1 Å². The van der Waals surface area contributed by atoms with E-state index in [-0.39, 0.29) is 23.4 Å². The van der Waals surface area contributed by atoms with Gasteiger partial charge in [0.1, 0.15) is 4.88 Å². The number of methoxy groups -OCH3 is 1. The molecule has 1 aromatic heterocycles. The van der Waals surface area contributed by atoms with Crippen LogP contribution < -0.4 is 9.47 Å². The van der Waals surface area contributed by atoms with Gasteiger partial charge < -0.3 is 9.47 Å². The summed E-state index contributed by atoms with van der Waals surface area (Å²) >= 11 is 2.19. The third kappa shape index (κ3) is 4.71. The Labute approximate surface area is 209 Å². The third-order valence-electron chi connectivity index (χ3n) is 5.49. The van der Waals surface area contributed by atoms with Crippen molar-refractivity contribution in [3.8, 4) is 11.5 Å². The molecule has 0 atom stereocenters. The summed E-state index contributed by atoms with van der Waals surface area (Å²) < 4.78 is 10.8. The first-order valence-electron chi connectivity index (χ1n) is 10.7. The lowest BCUT2D eigenvalue weighted by atomic mass is 10.0. The lowest BCUT2D eigenvalue weighted by molar-refractivity contribution is -0.123. The molecule has 0 saturated carbocycles. The van der Waals surface area contributed by atoms with E-state index in [1.54, 1.807) is 41.8 Å². The van der Waals surface area contributed by atoms with Crippen molar-refractivity contribution >= 4 is 57.1 Å². The van der Waals surface area contributed by atoms with Crippen molar-refractivity contribution in [2.45, 2.75) is 6.54 Å². The number of carbonyl (C=O) groups is 3. The van der Waals surface area contributed by atoms with E-state index in [2.05, 4.69) is 0 Å². The maximum atomic E-state index is 13.1. The number of amides is 2. The van der Waals surface area contributed by atoms with Crippen molar-refractivity contribution in [2.75, 3.05) is 7.11 Å². The van der Waals surface area contributed by atoms with Crippen molar-refractivity contribution in [1.29, 1.82) is 0 Å². The molecule has 0 spiro atoms. The molecule has 0 unspecified atom stereocenters. The maximum absolute atomic E-state index is 13.1. The van der Waals surface area contributed by atoms with Gasteiger partial charge in [-0.15, -0.1) is 11.3 Å². The highest BCUT2D eigenvalue weighted by molar-refractivity contribution is 8.18. The van der Waals surface area contributed by atoms with Crippen LogP contribution in [0, 0.1) is 0 Å². The van der Waals surface area contributed by atoms with E-state index in [9.17, 15) is 14.4 Å². The SMILES string of the molecule is COc1cc(/C=C2\SC(=O)N(Cc3cccc4ccccc34)C2=O)ccc1OC(=O)c1cccs1. The normalized spacial score (nSPS) is 14.7. The summed E-state index contributed by atoms with van der Waals surface area (Å²) in [6.07, 6.45) is 1.64. The fourth-order valence-corrected chi connectivity index (χ4v) is 5.23. The van der Waals surface area contributed by atoms with Crippen LogP contribution in [0.3, 0.4) is 0 Å². The first-order chi connectivity index (χ1) is 17.0. The van der Waals surface area contributed by atoms with Crippen LogP contribution in [0.15, 0.2) is 83.1 Å². The number of thioether (sulfide) groups is 1. The number of fused-ring (bicyclic) bond motifs is 1. The van der Waals surface area contributed by atoms with Crippen LogP contribution in [0.25, 0.3) is 16.8 Å². The van der Waals surface area contributed by atoms with E-state index in [1.165, 1.54) is 23.3 Å². The molecule has 5 rings (SSSR count). The van der Waals surface area contributed by atoms with Crippen LogP contribution in [-0.2, 0) is 11.3 Å². The molecule has 1 aliphatic rings.